The summed E-state index contributed by atoms with van der Waals surface area (Å²) in [5.41, 5.74) is 1.74. The van der Waals surface area contributed by atoms with Gasteiger partial charge in [-0.15, -0.1) is 11.3 Å². The Kier molecular flexibility index (Phi) is 6.18. The maximum Gasteiger partial charge on any atom is 0.322 e. The number of para-hydroxylation sites is 2. The first-order valence-corrected chi connectivity index (χ1v) is 11.0. The van der Waals surface area contributed by atoms with Crippen LogP contribution < -0.4 is 10.1 Å². The first-order chi connectivity index (χ1) is 14.7. The van der Waals surface area contributed by atoms with Crippen LogP contribution in [0.5, 0.6) is 5.75 Å². The number of amides is 3. The number of carbonyl (C=O) groups excluding carboxylic acids is 2. The Morgan fingerprint density at radius 1 is 1.00 bits per heavy atom. The number of nitrogens with one attached hydrogen (secondary N) is 1. The summed E-state index contributed by atoms with van der Waals surface area (Å²) in [7, 11) is 0. The highest BCUT2D eigenvalue weighted by Crippen LogP contribution is 2.27. The zero-order valence-electron chi connectivity index (χ0n) is 17.0. The van der Waals surface area contributed by atoms with Gasteiger partial charge in [0.1, 0.15) is 5.75 Å². The van der Waals surface area contributed by atoms with Crippen LogP contribution in [0.3, 0.4) is 0 Å². The van der Waals surface area contributed by atoms with Gasteiger partial charge in [-0.1, -0.05) is 30.3 Å². The Labute approximate surface area is 180 Å². The zero-order chi connectivity index (χ0) is 20.9. The van der Waals surface area contributed by atoms with E-state index in [0.717, 1.165) is 10.9 Å². The molecule has 4 rings (SSSR count). The van der Waals surface area contributed by atoms with E-state index >= 15 is 0 Å². The van der Waals surface area contributed by atoms with Crippen LogP contribution in [-0.4, -0.2) is 54.5 Å². The summed E-state index contributed by atoms with van der Waals surface area (Å²) in [6.07, 6.45) is 0.401. The van der Waals surface area contributed by atoms with Crippen LogP contribution in [0.2, 0.25) is 0 Å². The molecule has 1 aliphatic rings. The predicted molar refractivity (Wildman–Crippen MR) is 120 cm³/mol. The minimum atomic E-state index is -0.168. The van der Waals surface area contributed by atoms with Crippen molar-refractivity contribution in [2.75, 3.05) is 38.1 Å². The van der Waals surface area contributed by atoms with Gasteiger partial charge in [0.15, 0.2) is 0 Å². The van der Waals surface area contributed by atoms with E-state index in [1.54, 1.807) is 16.2 Å². The molecule has 1 N–H and O–H groups in total. The second kappa shape index (κ2) is 9.17. The van der Waals surface area contributed by atoms with Gasteiger partial charge in [0.05, 0.1) is 18.7 Å². The number of rotatable bonds is 5. The van der Waals surface area contributed by atoms with Gasteiger partial charge in [0.2, 0.25) is 5.91 Å². The molecule has 6 nitrogen and oxygen atoms in total. The lowest BCUT2D eigenvalue weighted by molar-refractivity contribution is -0.131. The number of thiophene rings is 1. The van der Waals surface area contributed by atoms with Crippen molar-refractivity contribution in [1.82, 2.24) is 9.80 Å². The number of hydrogen-bond acceptors (Lipinski definition) is 4. The molecule has 7 heteroatoms. The highest BCUT2D eigenvalue weighted by atomic mass is 32.1. The van der Waals surface area contributed by atoms with Crippen molar-refractivity contribution in [3.8, 4) is 5.75 Å². The molecule has 2 aromatic carbocycles. The fourth-order valence-corrected chi connectivity index (χ4v) is 4.61. The van der Waals surface area contributed by atoms with Crippen LogP contribution >= 0.6 is 11.3 Å². The molecular formula is C23H25N3O3S. The number of ether oxygens (including phenoxy) is 1. The van der Waals surface area contributed by atoms with Gasteiger partial charge in [-0.3, -0.25) is 4.79 Å². The number of piperazine rings is 1. The molecule has 0 unspecified atom stereocenters. The molecule has 1 aromatic heterocycles. The minimum absolute atomic E-state index is 0.111. The standard InChI is InChI=1S/C23H25N3O3S/c1-2-29-20-9-5-4-8-19(20)24-23(28)26-13-11-25(12-14-26)22(27)15-17-16-30-21-10-6-3-7-18(17)21/h3-10,16H,2,11-15H2,1H3,(H,24,28). The quantitative estimate of drug-likeness (QED) is 0.668. The molecule has 0 saturated carbocycles. The molecule has 2 heterocycles. The molecule has 0 aliphatic carbocycles. The van der Waals surface area contributed by atoms with Gasteiger partial charge in [0.25, 0.3) is 0 Å². The SMILES string of the molecule is CCOc1ccccc1NC(=O)N1CCN(C(=O)Cc2csc3ccccc23)CC1. The summed E-state index contributed by atoms with van der Waals surface area (Å²) in [6.45, 7) is 4.56. The van der Waals surface area contributed by atoms with Crippen molar-refractivity contribution in [1.29, 1.82) is 0 Å². The Hall–Kier alpha value is -3.06. The van der Waals surface area contributed by atoms with Crippen LogP contribution in [0.25, 0.3) is 10.1 Å². The van der Waals surface area contributed by atoms with E-state index in [0.29, 0.717) is 50.6 Å². The Morgan fingerprint density at radius 3 is 2.50 bits per heavy atom. The van der Waals surface area contributed by atoms with E-state index in [1.165, 1.54) is 4.70 Å². The molecule has 0 atom stereocenters. The number of carbonyl (C=O) groups is 2. The van der Waals surface area contributed by atoms with Crippen LogP contribution in [0, 0.1) is 0 Å². The minimum Gasteiger partial charge on any atom is -0.492 e. The van der Waals surface area contributed by atoms with E-state index in [1.807, 2.05) is 48.2 Å². The largest absolute Gasteiger partial charge is 0.492 e. The summed E-state index contributed by atoms with van der Waals surface area (Å²) in [6, 6.07) is 15.4. The third-order valence-corrected chi connectivity index (χ3v) is 6.26. The van der Waals surface area contributed by atoms with Crippen molar-refractivity contribution in [2.24, 2.45) is 0 Å². The maximum absolute atomic E-state index is 12.8. The van der Waals surface area contributed by atoms with Crippen molar-refractivity contribution < 1.29 is 14.3 Å². The lowest BCUT2D eigenvalue weighted by Gasteiger charge is -2.34. The third kappa shape index (κ3) is 4.41. The van der Waals surface area contributed by atoms with E-state index in [-0.39, 0.29) is 11.9 Å². The number of anilines is 1. The van der Waals surface area contributed by atoms with E-state index in [2.05, 4.69) is 22.8 Å². The van der Waals surface area contributed by atoms with E-state index in [4.69, 9.17) is 4.74 Å². The summed E-state index contributed by atoms with van der Waals surface area (Å²) in [4.78, 5) is 29.0. The number of urea groups is 1. The van der Waals surface area contributed by atoms with Gasteiger partial charge in [-0.05, 0) is 41.5 Å². The molecule has 1 fully saturated rings. The first-order valence-electron chi connectivity index (χ1n) is 10.2. The molecule has 3 aromatic rings. The number of nitrogens with zero attached hydrogens (tertiary/aromatic N) is 2. The van der Waals surface area contributed by atoms with Crippen molar-refractivity contribution in [3.63, 3.8) is 0 Å². The topological polar surface area (TPSA) is 61.9 Å². The first kappa shape index (κ1) is 20.2. The van der Waals surface area contributed by atoms with Gasteiger partial charge >= 0.3 is 6.03 Å². The van der Waals surface area contributed by atoms with E-state index in [9.17, 15) is 9.59 Å². The predicted octanol–water partition coefficient (Wildman–Crippen LogP) is 4.22. The van der Waals surface area contributed by atoms with Crippen molar-refractivity contribution in [2.45, 2.75) is 13.3 Å². The van der Waals surface area contributed by atoms with Crippen molar-refractivity contribution >= 4 is 39.0 Å². The summed E-state index contributed by atoms with van der Waals surface area (Å²) in [5.74, 6) is 0.769. The van der Waals surface area contributed by atoms with Gasteiger partial charge in [-0.25, -0.2) is 4.79 Å². The van der Waals surface area contributed by atoms with Crippen LogP contribution in [-0.2, 0) is 11.2 Å². The second-order valence-corrected chi connectivity index (χ2v) is 8.07. The number of benzene rings is 2. The fraction of sp³-hybridized carbons (Fsp3) is 0.304. The molecule has 156 valence electrons. The van der Waals surface area contributed by atoms with Gasteiger partial charge in [-0.2, -0.15) is 0 Å². The Morgan fingerprint density at radius 2 is 1.70 bits per heavy atom. The highest BCUT2D eigenvalue weighted by molar-refractivity contribution is 7.17. The fourth-order valence-electron chi connectivity index (χ4n) is 3.65. The molecule has 1 aliphatic heterocycles. The number of fused-ring (bicyclic) bond motifs is 1. The molecule has 1 saturated heterocycles. The third-order valence-electron chi connectivity index (χ3n) is 5.25. The zero-order valence-corrected chi connectivity index (χ0v) is 17.8. The van der Waals surface area contributed by atoms with Crippen molar-refractivity contribution in [3.05, 3.63) is 59.5 Å². The monoisotopic (exact) mass is 423 g/mol. The Bertz CT molecular complexity index is 1040. The summed E-state index contributed by atoms with van der Waals surface area (Å²) in [5, 5.41) is 6.15. The smallest absolute Gasteiger partial charge is 0.322 e. The highest BCUT2D eigenvalue weighted by Gasteiger charge is 2.25. The van der Waals surface area contributed by atoms with Gasteiger partial charge < -0.3 is 19.9 Å². The Balaban J connectivity index is 1.32. The van der Waals surface area contributed by atoms with Crippen LogP contribution in [0.15, 0.2) is 53.9 Å². The molecule has 0 spiro atoms. The maximum atomic E-state index is 12.8. The summed E-state index contributed by atoms with van der Waals surface area (Å²) < 4.78 is 6.77. The average molecular weight is 424 g/mol. The summed E-state index contributed by atoms with van der Waals surface area (Å²) >= 11 is 1.67. The molecule has 0 bridgehead atoms. The van der Waals surface area contributed by atoms with Crippen LogP contribution in [0.4, 0.5) is 10.5 Å². The normalized spacial score (nSPS) is 14.0. The number of hydrogen-bond donors (Lipinski definition) is 1. The molecule has 3 amide bonds. The van der Waals surface area contributed by atoms with Crippen LogP contribution in [0.1, 0.15) is 12.5 Å². The van der Waals surface area contributed by atoms with Gasteiger partial charge in [0, 0.05) is 30.9 Å². The lowest BCUT2D eigenvalue weighted by atomic mass is 10.1. The lowest BCUT2D eigenvalue weighted by Crippen LogP contribution is -2.52. The molecular weight excluding hydrogens is 398 g/mol. The average Bonchev–Trinajstić information content (AvgIpc) is 3.18. The molecule has 0 radical (unpaired) electrons. The second-order valence-electron chi connectivity index (χ2n) is 7.16. The molecule has 30 heavy (non-hydrogen) atoms. The van der Waals surface area contributed by atoms with E-state index < -0.39 is 0 Å².